The molecule has 0 aliphatic rings. The molecule has 1 amide bonds. The summed E-state index contributed by atoms with van der Waals surface area (Å²) in [6.45, 7) is 4.68. The van der Waals surface area contributed by atoms with Crippen LogP contribution >= 0.6 is 0 Å². The van der Waals surface area contributed by atoms with Crippen LogP contribution in [0.3, 0.4) is 0 Å². The highest BCUT2D eigenvalue weighted by Crippen LogP contribution is 2.12. The number of nitrogens with zero attached hydrogens (tertiary/aromatic N) is 1. The molecule has 112 valence electrons. The second-order valence-electron chi connectivity index (χ2n) is 5.81. The zero-order valence-corrected chi connectivity index (χ0v) is 12.4. The van der Waals surface area contributed by atoms with Crippen LogP contribution in [0.1, 0.15) is 37.0 Å². The molecule has 1 rings (SSSR count). The Bertz CT molecular complexity index is 523. The van der Waals surface area contributed by atoms with Gasteiger partial charge in [0.2, 0.25) is 0 Å². The van der Waals surface area contributed by atoms with Crippen LogP contribution in [0, 0.1) is 5.82 Å². The summed E-state index contributed by atoms with van der Waals surface area (Å²) < 4.78 is 13.1. The number of H-pyrrole nitrogens is 1. The van der Waals surface area contributed by atoms with Gasteiger partial charge in [-0.2, -0.15) is 0 Å². The first-order valence-corrected chi connectivity index (χ1v) is 6.57. The summed E-state index contributed by atoms with van der Waals surface area (Å²) in [5.41, 5.74) is -1.25. The summed E-state index contributed by atoms with van der Waals surface area (Å²) in [4.78, 5) is 27.8. The van der Waals surface area contributed by atoms with Crippen molar-refractivity contribution in [1.82, 2.24) is 15.2 Å². The van der Waals surface area contributed by atoms with Crippen molar-refractivity contribution < 1.29 is 9.18 Å². The van der Waals surface area contributed by atoms with Crippen LogP contribution in [-0.4, -0.2) is 42.0 Å². The van der Waals surface area contributed by atoms with Crippen molar-refractivity contribution in [3.63, 3.8) is 0 Å². The fourth-order valence-electron chi connectivity index (χ4n) is 1.90. The second kappa shape index (κ2) is 6.65. The number of amides is 1. The maximum absolute atomic E-state index is 13.1. The number of hydrogen-bond donors (Lipinski definition) is 2. The van der Waals surface area contributed by atoms with Gasteiger partial charge in [0.05, 0.1) is 0 Å². The number of nitrogens with one attached hydrogen (secondary N) is 2. The normalized spacial score (nSPS) is 11.7. The van der Waals surface area contributed by atoms with Crippen molar-refractivity contribution in [2.24, 2.45) is 0 Å². The molecule has 0 aromatic carbocycles. The highest BCUT2D eigenvalue weighted by Gasteiger charge is 2.22. The molecule has 0 unspecified atom stereocenters. The first kappa shape index (κ1) is 16.4. The number of aromatic amines is 1. The quantitative estimate of drug-likeness (QED) is 0.828. The molecule has 5 nitrogen and oxygen atoms in total. The van der Waals surface area contributed by atoms with Crippen molar-refractivity contribution in [2.45, 2.75) is 32.2 Å². The number of aromatic nitrogens is 1. The number of carbonyl (C=O) groups is 1. The van der Waals surface area contributed by atoms with Crippen molar-refractivity contribution >= 4 is 5.91 Å². The Morgan fingerprint density at radius 3 is 2.70 bits per heavy atom. The Morgan fingerprint density at radius 1 is 1.45 bits per heavy atom. The molecule has 0 saturated carbocycles. The van der Waals surface area contributed by atoms with Crippen LogP contribution in [0.2, 0.25) is 0 Å². The third kappa shape index (κ3) is 5.13. The molecule has 1 heterocycles. The molecule has 0 saturated heterocycles. The Balaban J connectivity index is 2.69. The molecular formula is C14H22FN3O2. The van der Waals surface area contributed by atoms with Crippen LogP contribution in [0.15, 0.2) is 17.1 Å². The monoisotopic (exact) mass is 283 g/mol. The van der Waals surface area contributed by atoms with E-state index >= 15 is 0 Å². The lowest BCUT2D eigenvalue weighted by Crippen LogP contribution is -2.45. The predicted octanol–water partition coefficient (Wildman–Crippen LogP) is 1.36. The third-order valence-corrected chi connectivity index (χ3v) is 2.97. The van der Waals surface area contributed by atoms with Gasteiger partial charge < -0.3 is 15.2 Å². The van der Waals surface area contributed by atoms with E-state index in [1.165, 1.54) is 0 Å². The molecule has 0 aliphatic carbocycles. The molecule has 20 heavy (non-hydrogen) atoms. The minimum Gasteiger partial charge on any atom is -0.347 e. The van der Waals surface area contributed by atoms with Gasteiger partial charge in [0.25, 0.3) is 11.5 Å². The van der Waals surface area contributed by atoms with E-state index in [1.807, 2.05) is 27.9 Å². The average Bonchev–Trinajstić information content (AvgIpc) is 2.30. The van der Waals surface area contributed by atoms with Gasteiger partial charge in [-0.25, -0.2) is 4.39 Å². The van der Waals surface area contributed by atoms with Crippen molar-refractivity contribution in [2.75, 3.05) is 20.6 Å². The van der Waals surface area contributed by atoms with Gasteiger partial charge in [0, 0.05) is 11.7 Å². The Kier molecular flexibility index (Phi) is 5.44. The molecule has 0 bridgehead atoms. The molecular weight excluding hydrogens is 261 g/mol. The summed E-state index contributed by atoms with van der Waals surface area (Å²) in [7, 11) is 3.97. The van der Waals surface area contributed by atoms with Gasteiger partial charge >= 0.3 is 0 Å². The molecule has 0 radical (unpaired) electrons. The molecule has 0 spiro atoms. The second-order valence-corrected chi connectivity index (χ2v) is 5.81. The fourth-order valence-corrected chi connectivity index (χ4v) is 1.90. The minimum atomic E-state index is -0.639. The van der Waals surface area contributed by atoms with E-state index in [0.717, 1.165) is 31.6 Å². The van der Waals surface area contributed by atoms with Crippen LogP contribution < -0.4 is 10.9 Å². The van der Waals surface area contributed by atoms with Gasteiger partial charge in [-0.1, -0.05) is 0 Å². The summed E-state index contributed by atoms with van der Waals surface area (Å²) in [5.74, 6) is -1.19. The van der Waals surface area contributed by atoms with Crippen LogP contribution in [-0.2, 0) is 0 Å². The van der Waals surface area contributed by atoms with Crippen LogP contribution in [0.4, 0.5) is 4.39 Å². The Morgan fingerprint density at radius 2 is 2.10 bits per heavy atom. The Labute approximate surface area is 118 Å². The topological polar surface area (TPSA) is 65.2 Å². The van der Waals surface area contributed by atoms with Gasteiger partial charge in [-0.15, -0.1) is 0 Å². The third-order valence-electron chi connectivity index (χ3n) is 2.97. The molecule has 1 aromatic heterocycles. The zero-order chi connectivity index (χ0) is 15.3. The number of halogens is 1. The van der Waals surface area contributed by atoms with Crippen molar-refractivity contribution in [3.8, 4) is 0 Å². The van der Waals surface area contributed by atoms with Crippen molar-refractivity contribution in [1.29, 1.82) is 0 Å². The molecule has 1 aromatic rings. The van der Waals surface area contributed by atoms with Crippen LogP contribution in [0.25, 0.3) is 0 Å². The highest BCUT2D eigenvalue weighted by atomic mass is 19.1. The largest absolute Gasteiger partial charge is 0.347 e. The smallest absolute Gasteiger partial charge is 0.260 e. The van der Waals surface area contributed by atoms with Crippen LogP contribution in [0.5, 0.6) is 0 Å². The summed E-state index contributed by atoms with van der Waals surface area (Å²) in [6.07, 6.45) is 2.62. The van der Waals surface area contributed by atoms with E-state index in [0.29, 0.717) is 0 Å². The lowest BCUT2D eigenvalue weighted by molar-refractivity contribution is 0.0905. The van der Waals surface area contributed by atoms with E-state index in [-0.39, 0.29) is 5.56 Å². The first-order valence-electron chi connectivity index (χ1n) is 6.57. The first-order chi connectivity index (χ1) is 9.21. The van der Waals surface area contributed by atoms with E-state index in [4.69, 9.17) is 0 Å². The van der Waals surface area contributed by atoms with E-state index in [9.17, 15) is 14.0 Å². The molecule has 2 N–H and O–H groups in total. The van der Waals surface area contributed by atoms with Gasteiger partial charge in [-0.3, -0.25) is 9.59 Å². The maximum atomic E-state index is 13.1. The van der Waals surface area contributed by atoms with Crippen molar-refractivity contribution in [3.05, 3.63) is 34.0 Å². The molecule has 0 atom stereocenters. The van der Waals surface area contributed by atoms with Gasteiger partial charge in [0.15, 0.2) is 0 Å². The SMILES string of the molecule is CN(C)CCCC(C)(C)NC(=O)c1cc(F)c[nH]c1=O. The Hall–Kier alpha value is -1.69. The summed E-state index contributed by atoms with van der Waals surface area (Å²) in [6, 6.07) is 0.948. The average molecular weight is 283 g/mol. The summed E-state index contributed by atoms with van der Waals surface area (Å²) in [5, 5.41) is 2.77. The summed E-state index contributed by atoms with van der Waals surface area (Å²) >= 11 is 0. The van der Waals surface area contributed by atoms with E-state index < -0.39 is 22.8 Å². The molecule has 6 heteroatoms. The zero-order valence-electron chi connectivity index (χ0n) is 12.4. The lowest BCUT2D eigenvalue weighted by atomic mass is 9.97. The standard InChI is InChI=1S/C14H22FN3O2/c1-14(2,6-5-7-18(3)4)17-13(20)11-8-10(15)9-16-12(11)19/h8-9H,5-7H2,1-4H3,(H,16,19)(H,17,20). The number of carbonyl (C=O) groups excluding carboxylic acids is 1. The minimum absolute atomic E-state index is 0.203. The fraction of sp³-hybridized carbons (Fsp3) is 0.571. The molecule has 0 fully saturated rings. The molecule has 0 aliphatic heterocycles. The lowest BCUT2D eigenvalue weighted by Gasteiger charge is -2.26. The number of hydrogen-bond acceptors (Lipinski definition) is 3. The van der Waals surface area contributed by atoms with Gasteiger partial charge in [-0.05, 0) is 53.4 Å². The van der Waals surface area contributed by atoms with E-state index in [2.05, 4.69) is 15.2 Å². The maximum Gasteiger partial charge on any atom is 0.260 e. The highest BCUT2D eigenvalue weighted by molar-refractivity contribution is 5.94. The predicted molar refractivity (Wildman–Crippen MR) is 76.4 cm³/mol. The number of pyridine rings is 1. The number of rotatable bonds is 6. The van der Waals surface area contributed by atoms with Gasteiger partial charge in [0.1, 0.15) is 11.4 Å². The van der Waals surface area contributed by atoms with E-state index in [1.54, 1.807) is 0 Å².